The Morgan fingerprint density at radius 2 is 1.68 bits per heavy atom. The molecule has 0 saturated carbocycles. The van der Waals surface area contributed by atoms with Crippen molar-refractivity contribution >= 4 is 38.9 Å². The molecular weight excluding hydrogens is 345 g/mol. The van der Waals surface area contributed by atoms with E-state index in [1.54, 1.807) is 26.2 Å². The molecule has 1 N–H and O–H groups in total. The van der Waals surface area contributed by atoms with E-state index in [0.29, 0.717) is 22.0 Å². The van der Waals surface area contributed by atoms with Crippen molar-refractivity contribution in [1.29, 1.82) is 0 Å². The van der Waals surface area contributed by atoms with E-state index in [1.807, 2.05) is 6.92 Å². The largest absolute Gasteiger partial charge is 0.496 e. The molecule has 0 spiro atoms. The Labute approximate surface area is 140 Å². The summed E-state index contributed by atoms with van der Waals surface area (Å²) in [5.41, 5.74) is 1.76. The number of nitrogens with one attached hydrogen (secondary N) is 1. The summed E-state index contributed by atoms with van der Waals surface area (Å²) < 4.78 is 32.8. The summed E-state index contributed by atoms with van der Waals surface area (Å²) in [6.07, 6.45) is 0. The fourth-order valence-electron chi connectivity index (χ4n) is 2.05. The second kappa shape index (κ2) is 6.36. The van der Waals surface area contributed by atoms with Gasteiger partial charge < -0.3 is 4.74 Å². The fourth-order valence-corrected chi connectivity index (χ4v) is 3.70. The molecule has 0 aliphatic carbocycles. The van der Waals surface area contributed by atoms with Crippen LogP contribution in [0.4, 0.5) is 5.69 Å². The lowest BCUT2D eigenvalue weighted by Gasteiger charge is -2.14. The van der Waals surface area contributed by atoms with Crippen LogP contribution in [0.15, 0.2) is 35.2 Å². The highest BCUT2D eigenvalue weighted by molar-refractivity contribution is 7.92. The molecule has 0 heterocycles. The third-order valence-corrected chi connectivity index (χ3v) is 5.63. The van der Waals surface area contributed by atoms with Gasteiger partial charge in [-0.3, -0.25) is 4.72 Å². The van der Waals surface area contributed by atoms with Crippen LogP contribution >= 0.6 is 23.2 Å². The number of sulfonamides is 1. The molecule has 4 nitrogen and oxygen atoms in total. The van der Waals surface area contributed by atoms with Gasteiger partial charge in [0.15, 0.2) is 0 Å². The minimum atomic E-state index is -3.73. The lowest BCUT2D eigenvalue weighted by Crippen LogP contribution is -2.15. The van der Waals surface area contributed by atoms with Gasteiger partial charge in [-0.1, -0.05) is 23.2 Å². The lowest BCUT2D eigenvalue weighted by atomic mass is 10.1. The van der Waals surface area contributed by atoms with Crippen LogP contribution in [0.3, 0.4) is 0 Å². The third-order valence-electron chi connectivity index (χ3n) is 3.37. The number of hydrogen-bond donors (Lipinski definition) is 1. The van der Waals surface area contributed by atoms with E-state index in [4.69, 9.17) is 27.9 Å². The molecule has 0 unspecified atom stereocenters. The van der Waals surface area contributed by atoms with Crippen LogP contribution in [-0.2, 0) is 10.0 Å². The van der Waals surface area contributed by atoms with E-state index in [0.717, 1.165) is 5.56 Å². The molecule has 0 fully saturated rings. The molecule has 0 saturated heterocycles. The molecule has 22 heavy (non-hydrogen) atoms. The second-order valence-corrected chi connectivity index (χ2v) is 7.22. The summed E-state index contributed by atoms with van der Waals surface area (Å²) in [5.74, 6) is 0.644. The van der Waals surface area contributed by atoms with Crippen molar-refractivity contribution < 1.29 is 13.2 Å². The van der Waals surface area contributed by atoms with Crippen LogP contribution in [0.25, 0.3) is 0 Å². The van der Waals surface area contributed by atoms with E-state index in [1.165, 1.54) is 18.2 Å². The first-order valence-electron chi connectivity index (χ1n) is 6.38. The average Bonchev–Trinajstić information content (AvgIpc) is 2.45. The monoisotopic (exact) mass is 359 g/mol. The van der Waals surface area contributed by atoms with Crippen molar-refractivity contribution in [3.05, 3.63) is 51.5 Å². The van der Waals surface area contributed by atoms with Gasteiger partial charge in [-0.15, -0.1) is 0 Å². The summed E-state index contributed by atoms with van der Waals surface area (Å²) in [7, 11) is -2.18. The van der Waals surface area contributed by atoms with Gasteiger partial charge in [0.25, 0.3) is 10.0 Å². The van der Waals surface area contributed by atoms with Gasteiger partial charge in [-0.25, -0.2) is 8.42 Å². The Morgan fingerprint density at radius 3 is 2.27 bits per heavy atom. The minimum absolute atomic E-state index is 0.192. The van der Waals surface area contributed by atoms with Gasteiger partial charge in [-0.05, 0) is 55.3 Å². The molecule has 0 radical (unpaired) electrons. The second-order valence-electron chi connectivity index (χ2n) is 4.75. The highest BCUT2D eigenvalue weighted by atomic mass is 35.5. The molecule has 2 aromatic carbocycles. The molecule has 0 amide bonds. The number of anilines is 1. The molecule has 7 heteroatoms. The number of ether oxygens (including phenoxy) is 1. The van der Waals surface area contributed by atoms with Crippen molar-refractivity contribution in [2.75, 3.05) is 11.8 Å². The van der Waals surface area contributed by atoms with Crippen LogP contribution in [0, 0.1) is 13.8 Å². The molecule has 2 aromatic rings. The van der Waals surface area contributed by atoms with Gasteiger partial charge in [0.1, 0.15) is 5.75 Å². The zero-order chi connectivity index (χ0) is 16.5. The maximum atomic E-state index is 12.5. The van der Waals surface area contributed by atoms with Gasteiger partial charge in [-0.2, -0.15) is 0 Å². The van der Waals surface area contributed by atoms with E-state index in [-0.39, 0.29) is 9.92 Å². The van der Waals surface area contributed by atoms with E-state index >= 15 is 0 Å². The zero-order valence-corrected chi connectivity index (χ0v) is 14.6. The van der Waals surface area contributed by atoms with Crippen molar-refractivity contribution in [2.45, 2.75) is 18.7 Å². The highest BCUT2D eigenvalue weighted by Gasteiger charge is 2.20. The van der Waals surface area contributed by atoms with Crippen LogP contribution in [-0.4, -0.2) is 15.5 Å². The van der Waals surface area contributed by atoms with Gasteiger partial charge in [0.05, 0.1) is 27.7 Å². The van der Waals surface area contributed by atoms with Gasteiger partial charge in [0.2, 0.25) is 0 Å². The molecule has 0 aliphatic rings. The summed E-state index contributed by atoms with van der Waals surface area (Å²) in [6.45, 7) is 3.55. The molecule has 0 aromatic heterocycles. The number of rotatable bonds is 4. The molecule has 118 valence electrons. The van der Waals surface area contributed by atoms with Crippen LogP contribution in [0.5, 0.6) is 5.75 Å². The summed E-state index contributed by atoms with van der Waals surface area (Å²) in [5, 5.41) is 0.644. The standard InChI is InChI=1S/C15H15Cl2NO3S/c1-9-10(2)15(7-6-14(9)21-3)22(19,20)18-11-4-5-12(16)13(17)8-11/h4-8,18H,1-3H3. The lowest BCUT2D eigenvalue weighted by molar-refractivity contribution is 0.411. The highest BCUT2D eigenvalue weighted by Crippen LogP contribution is 2.30. The minimum Gasteiger partial charge on any atom is -0.496 e. The normalized spacial score (nSPS) is 11.3. The van der Waals surface area contributed by atoms with Crippen LogP contribution < -0.4 is 9.46 Å². The summed E-state index contributed by atoms with van der Waals surface area (Å²) in [4.78, 5) is 0.192. The van der Waals surface area contributed by atoms with Crippen molar-refractivity contribution in [2.24, 2.45) is 0 Å². The molecule has 0 atom stereocenters. The predicted octanol–water partition coefficient (Wildman–Crippen LogP) is 4.42. The summed E-state index contributed by atoms with van der Waals surface area (Å²) >= 11 is 11.7. The smallest absolute Gasteiger partial charge is 0.262 e. The fraction of sp³-hybridized carbons (Fsp3) is 0.200. The van der Waals surface area contributed by atoms with E-state index in [9.17, 15) is 8.42 Å². The van der Waals surface area contributed by atoms with Crippen LogP contribution in [0.1, 0.15) is 11.1 Å². The Morgan fingerprint density at radius 1 is 1.00 bits per heavy atom. The number of methoxy groups -OCH3 is 1. The van der Waals surface area contributed by atoms with Gasteiger partial charge >= 0.3 is 0 Å². The topological polar surface area (TPSA) is 55.4 Å². The molecular formula is C15H15Cl2NO3S. The molecule has 0 bridgehead atoms. The Hall–Kier alpha value is -1.43. The quantitative estimate of drug-likeness (QED) is 0.878. The Balaban J connectivity index is 2.42. The third kappa shape index (κ3) is 3.32. The first-order valence-corrected chi connectivity index (χ1v) is 8.62. The summed E-state index contributed by atoms with van der Waals surface area (Å²) in [6, 6.07) is 7.70. The Bertz CT molecular complexity index is 820. The Kier molecular flexibility index (Phi) is 4.90. The molecule has 2 rings (SSSR count). The van der Waals surface area contributed by atoms with Crippen molar-refractivity contribution in [3.63, 3.8) is 0 Å². The van der Waals surface area contributed by atoms with Crippen LogP contribution in [0.2, 0.25) is 10.0 Å². The van der Waals surface area contributed by atoms with Crippen molar-refractivity contribution in [1.82, 2.24) is 0 Å². The maximum Gasteiger partial charge on any atom is 0.262 e. The average molecular weight is 360 g/mol. The maximum absolute atomic E-state index is 12.5. The zero-order valence-electron chi connectivity index (χ0n) is 12.3. The van der Waals surface area contributed by atoms with E-state index in [2.05, 4.69) is 4.72 Å². The first kappa shape index (κ1) is 16.9. The molecule has 0 aliphatic heterocycles. The number of halogens is 2. The SMILES string of the molecule is COc1ccc(S(=O)(=O)Nc2ccc(Cl)c(Cl)c2)c(C)c1C. The first-order chi connectivity index (χ1) is 10.3. The van der Waals surface area contributed by atoms with E-state index < -0.39 is 10.0 Å². The predicted molar refractivity (Wildman–Crippen MR) is 89.7 cm³/mol. The van der Waals surface area contributed by atoms with Gasteiger partial charge in [0, 0.05) is 0 Å². The van der Waals surface area contributed by atoms with Crippen molar-refractivity contribution in [3.8, 4) is 5.75 Å². The number of hydrogen-bond acceptors (Lipinski definition) is 3. The number of benzene rings is 2.